The van der Waals surface area contributed by atoms with Crippen molar-refractivity contribution in [2.24, 2.45) is 5.92 Å². The predicted molar refractivity (Wildman–Crippen MR) is 84.1 cm³/mol. The Morgan fingerprint density at radius 1 is 1.35 bits per heavy atom. The van der Waals surface area contributed by atoms with Gasteiger partial charge in [0.15, 0.2) is 5.83 Å². The summed E-state index contributed by atoms with van der Waals surface area (Å²) in [7, 11) is 1.38. The van der Waals surface area contributed by atoms with Crippen LogP contribution >= 0.6 is 0 Å². The van der Waals surface area contributed by atoms with Crippen LogP contribution < -0.4 is 0 Å². The van der Waals surface area contributed by atoms with Crippen LogP contribution in [0.2, 0.25) is 0 Å². The molecule has 1 saturated carbocycles. The van der Waals surface area contributed by atoms with Crippen LogP contribution in [0.3, 0.4) is 0 Å². The van der Waals surface area contributed by atoms with E-state index in [1.54, 1.807) is 12.3 Å². The van der Waals surface area contributed by atoms with Crippen molar-refractivity contribution in [3.05, 3.63) is 35.3 Å². The van der Waals surface area contributed by atoms with Gasteiger partial charge in [-0.1, -0.05) is 32.1 Å². The number of rotatable bonds is 4. The third-order valence-electron chi connectivity index (χ3n) is 5.04. The van der Waals surface area contributed by atoms with Crippen LogP contribution in [0.1, 0.15) is 38.5 Å². The standard InChI is InChI=1S/C18H22FNO3/c1-23-18(22)15(9-12-5-3-2-4-6-12)20-10-13-7-8-16(21)17(19)14(13)11-20/h7-8,10,12,15H,2-6,9,11H2,1H3/t15-/m0/s1. The number of hydrogen-bond acceptors (Lipinski definition) is 4. The quantitative estimate of drug-likeness (QED) is 0.747. The zero-order valence-electron chi connectivity index (χ0n) is 13.4. The summed E-state index contributed by atoms with van der Waals surface area (Å²) in [4.78, 5) is 25.5. The van der Waals surface area contributed by atoms with Gasteiger partial charge in [0.2, 0.25) is 5.78 Å². The molecule has 0 unspecified atom stereocenters. The van der Waals surface area contributed by atoms with Gasteiger partial charge < -0.3 is 9.64 Å². The van der Waals surface area contributed by atoms with E-state index in [-0.39, 0.29) is 12.5 Å². The first-order valence-electron chi connectivity index (χ1n) is 8.27. The summed E-state index contributed by atoms with van der Waals surface area (Å²) in [5, 5.41) is 0. The molecule has 0 aromatic heterocycles. The topological polar surface area (TPSA) is 46.6 Å². The minimum Gasteiger partial charge on any atom is -0.467 e. The van der Waals surface area contributed by atoms with Crippen LogP contribution in [-0.2, 0) is 14.3 Å². The highest BCUT2D eigenvalue weighted by Gasteiger charge is 2.35. The number of halogens is 1. The SMILES string of the molecule is COC(=O)[C@H](CC1CCCCC1)N1C=C2C=CC(=O)C(F)=C2C1. The predicted octanol–water partition coefficient (Wildman–Crippen LogP) is 3.06. The van der Waals surface area contributed by atoms with Crippen molar-refractivity contribution in [3.63, 3.8) is 0 Å². The first-order valence-corrected chi connectivity index (χ1v) is 8.27. The zero-order valence-corrected chi connectivity index (χ0v) is 13.4. The molecule has 3 aliphatic rings. The van der Waals surface area contributed by atoms with Crippen LogP contribution in [0, 0.1) is 5.92 Å². The molecule has 5 heteroatoms. The van der Waals surface area contributed by atoms with E-state index in [0.29, 0.717) is 17.1 Å². The third-order valence-corrected chi connectivity index (χ3v) is 5.04. The van der Waals surface area contributed by atoms with E-state index in [9.17, 15) is 14.0 Å². The number of ketones is 1. The van der Waals surface area contributed by atoms with Crippen molar-refractivity contribution in [2.45, 2.75) is 44.6 Å². The van der Waals surface area contributed by atoms with E-state index in [4.69, 9.17) is 4.74 Å². The highest BCUT2D eigenvalue weighted by molar-refractivity contribution is 6.05. The lowest BCUT2D eigenvalue weighted by atomic mass is 9.84. The van der Waals surface area contributed by atoms with E-state index < -0.39 is 17.7 Å². The Hall–Kier alpha value is -1.91. The maximum Gasteiger partial charge on any atom is 0.328 e. The minimum absolute atomic E-state index is 0.254. The molecule has 0 amide bonds. The van der Waals surface area contributed by atoms with E-state index in [2.05, 4.69) is 0 Å². The molecule has 1 fully saturated rings. The molecule has 1 atom stereocenters. The Morgan fingerprint density at radius 3 is 2.78 bits per heavy atom. The van der Waals surface area contributed by atoms with Crippen LogP contribution in [0.25, 0.3) is 0 Å². The van der Waals surface area contributed by atoms with Crippen molar-refractivity contribution >= 4 is 11.8 Å². The number of carbonyl (C=O) groups excluding carboxylic acids is 2. The summed E-state index contributed by atoms with van der Waals surface area (Å²) in [6, 6.07) is -0.412. The van der Waals surface area contributed by atoms with Crippen LogP contribution in [0.15, 0.2) is 35.3 Å². The Morgan fingerprint density at radius 2 is 2.09 bits per heavy atom. The molecule has 0 spiro atoms. The number of esters is 1. The molecule has 3 rings (SSSR count). The minimum atomic E-state index is -0.706. The molecule has 4 nitrogen and oxygen atoms in total. The Bertz CT molecular complexity index is 599. The number of allylic oxidation sites excluding steroid dienone is 3. The number of carbonyl (C=O) groups is 2. The van der Waals surface area contributed by atoms with E-state index >= 15 is 0 Å². The van der Waals surface area contributed by atoms with E-state index in [0.717, 1.165) is 19.3 Å². The molecule has 2 aliphatic carbocycles. The fourth-order valence-electron chi connectivity index (χ4n) is 3.74. The second-order valence-corrected chi connectivity index (χ2v) is 6.53. The first-order chi connectivity index (χ1) is 11.1. The molecule has 0 saturated heterocycles. The van der Waals surface area contributed by atoms with E-state index in [1.807, 2.05) is 4.90 Å². The van der Waals surface area contributed by atoms with Gasteiger partial charge >= 0.3 is 5.97 Å². The van der Waals surface area contributed by atoms with Gasteiger partial charge in [0, 0.05) is 18.3 Å². The highest BCUT2D eigenvalue weighted by Crippen LogP contribution is 2.34. The Balaban J connectivity index is 1.78. The molecule has 1 aliphatic heterocycles. The fourth-order valence-corrected chi connectivity index (χ4v) is 3.74. The van der Waals surface area contributed by atoms with E-state index in [1.165, 1.54) is 32.4 Å². The summed E-state index contributed by atoms with van der Waals surface area (Å²) in [6.45, 7) is 0.254. The van der Waals surface area contributed by atoms with Crippen molar-refractivity contribution in [3.8, 4) is 0 Å². The largest absolute Gasteiger partial charge is 0.467 e. The molecule has 0 bridgehead atoms. The zero-order chi connectivity index (χ0) is 16.4. The summed E-state index contributed by atoms with van der Waals surface area (Å²) in [6.07, 6.45) is 11.3. The van der Waals surface area contributed by atoms with Crippen molar-refractivity contribution in [1.82, 2.24) is 4.90 Å². The van der Waals surface area contributed by atoms with Gasteiger partial charge in [-0.05, 0) is 30.1 Å². The molecule has 23 heavy (non-hydrogen) atoms. The lowest BCUT2D eigenvalue weighted by molar-refractivity contribution is -0.146. The van der Waals surface area contributed by atoms with Crippen molar-refractivity contribution in [2.75, 3.05) is 13.7 Å². The molecule has 0 aromatic rings. The molecule has 0 radical (unpaired) electrons. The second-order valence-electron chi connectivity index (χ2n) is 6.53. The Labute approximate surface area is 135 Å². The molecular weight excluding hydrogens is 297 g/mol. The summed E-state index contributed by atoms with van der Waals surface area (Å²) in [5.74, 6) is -1.09. The second kappa shape index (κ2) is 6.69. The summed E-state index contributed by atoms with van der Waals surface area (Å²) in [5.41, 5.74) is 1.06. The van der Waals surface area contributed by atoms with Gasteiger partial charge in [-0.2, -0.15) is 0 Å². The van der Waals surface area contributed by atoms with Gasteiger partial charge in [-0.15, -0.1) is 0 Å². The van der Waals surface area contributed by atoms with Gasteiger partial charge in [-0.25, -0.2) is 9.18 Å². The van der Waals surface area contributed by atoms with Crippen molar-refractivity contribution in [1.29, 1.82) is 0 Å². The lowest BCUT2D eigenvalue weighted by Crippen LogP contribution is -2.39. The molecule has 0 N–H and O–H groups in total. The smallest absolute Gasteiger partial charge is 0.328 e. The van der Waals surface area contributed by atoms with Crippen LogP contribution in [0.5, 0.6) is 0 Å². The molecule has 1 heterocycles. The third kappa shape index (κ3) is 3.23. The van der Waals surface area contributed by atoms with Gasteiger partial charge in [-0.3, -0.25) is 4.79 Å². The lowest BCUT2D eigenvalue weighted by Gasteiger charge is -2.30. The number of ether oxygens (including phenoxy) is 1. The van der Waals surface area contributed by atoms with Crippen molar-refractivity contribution < 1.29 is 18.7 Å². The maximum absolute atomic E-state index is 14.0. The van der Waals surface area contributed by atoms with Crippen LogP contribution in [-0.4, -0.2) is 36.3 Å². The monoisotopic (exact) mass is 319 g/mol. The average molecular weight is 319 g/mol. The maximum atomic E-state index is 14.0. The molecular formula is C18H22FNO3. The summed E-state index contributed by atoms with van der Waals surface area (Å²) < 4.78 is 19.0. The number of hydrogen-bond donors (Lipinski definition) is 0. The van der Waals surface area contributed by atoms with Crippen LogP contribution in [0.4, 0.5) is 4.39 Å². The fraction of sp³-hybridized carbons (Fsp3) is 0.556. The molecule has 0 aromatic carbocycles. The Kier molecular flexibility index (Phi) is 4.64. The number of methoxy groups -OCH3 is 1. The number of fused-ring (bicyclic) bond motifs is 1. The summed E-state index contributed by atoms with van der Waals surface area (Å²) >= 11 is 0. The first kappa shape index (κ1) is 16.0. The average Bonchev–Trinajstić information content (AvgIpc) is 3.01. The highest BCUT2D eigenvalue weighted by atomic mass is 19.1. The normalized spacial score (nSPS) is 23.0. The van der Waals surface area contributed by atoms with Gasteiger partial charge in [0.05, 0.1) is 7.11 Å². The number of nitrogens with zero attached hydrogens (tertiary/aromatic N) is 1. The molecule has 124 valence electrons. The van der Waals surface area contributed by atoms with Gasteiger partial charge in [0.1, 0.15) is 6.04 Å². The van der Waals surface area contributed by atoms with Gasteiger partial charge in [0.25, 0.3) is 0 Å².